The van der Waals surface area contributed by atoms with E-state index >= 15 is 0 Å². The van der Waals surface area contributed by atoms with Gasteiger partial charge in [-0.25, -0.2) is 8.42 Å². The molecule has 0 spiro atoms. The number of aryl methyl sites for hydroxylation is 2. The van der Waals surface area contributed by atoms with Gasteiger partial charge in [-0.05, 0) is 59.4 Å². The molecule has 1 saturated heterocycles. The van der Waals surface area contributed by atoms with Gasteiger partial charge in [0.2, 0.25) is 10.0 Å². The first-order valence-electron chi connectivity index (χ1n) is 10.7. The van der Waals surface area contributed by atoms with Crippen molar-refractivity contribution in [3.8, 4) is 0 Å². The summed E-state index contributed by atoms with van der Waals surface area (Å²) >= 11 is 5.93. The fourth-order valence-electron chi connectivity index (χ4n) is 4.85. The number of fused-ring (bicyclic) bond motifs is 2. The molecule has 1 aliphatic heterocycles. The van der Waals surface area contributed by atoms with Crippen molar-refractivity contribution in [1.82, 2.24) is 9.21 Å². The Balaban J connectivity index is 1.43. The molecule has 0 radical (unpaired) electrons. The predicted octanol–water partition coefficient (Wildman–Crippen LogP) is 4.53. The van der Waals surface area contributed by atoms with Gasteiger partial charge in [-0.2, -0.15) is 4.31 Å². The van der Waals surface area contributed by atoms with Crippen LogP contribution in [0.1, 0.15) is 28.3 Å². The molecule has 6 heteroatoms. The van der Waals surface area contributed by atoms with E-state index in [1.807, 2.05) is 0 Å². The maximum absolute atomic E-state index is 13.1. The maximum atomic E-state index is 13.1. The molecule has 1 fully saturated rings. The van der Waals surface area contributed by atoms with E-state index in [0.29, 0.717) is 36.1 Å². The number of benzene rings is 3. The summed E-state index contributed by atoms with van der Waals surface area (Å²) in [5, 5.41) is 0.537. The first-order valence-corrected chi connectivity index (χ1v) is 12.5. The molecule has 0 saturated carbocycles. The molecule has 3 aromatic carbocycles. The molecular formula is C25H25ClN2O2S. The first-order chi connectivity index (χ1) is 15.0. The van der Waals surface area contributed by atoms with Crippen LogP contribution in [0.3, 0.4) is 0 Å². The van der Waals surface area contributed by atoms with Crippen LogP contribution < -0.4 is 0 Å². The molecule has 3 aromatic rings. The third-order valence-electron chi connectivity index (χ3n) is 6.45. The van der Waals surface area contributed by atoms with Gasteiger partial charge in [-0.1, -0.05) is 60.1 Å². The SMILES string of the molecule is O=S(=O)(c1ccc(Cl)cc1)N1CCN(C2c3ccccc3CCc3ccccc32)CC1. The van der Waals surface area contributed by atoms with Crippen LogP contribution in [0.15, 0.2) is 77.7 Å². The standard InChI is InChI=1S/C25H25ClN2O2S/c26-21-11-13-22(14-12-21)31(29,30)28-17-15-27(16-18-28)25-23-7-3-1-5-19(23)9-10-20-6-2-4-8-24(20)25/h1-8,11-14,25H,9-10,15-18H2. The van der Waals surface area contributed by atoms with E-state index in [9.17, 15) is 8.42 Å². The average molecular weight is 453 g/mol. The van der Waals surface area contributed by atoms with E-state index in [1.54, 1.807) is 28.6 Å². The third-order valence-corrected chi connectivity index (χ3v) is 8.62. The molecule has 0 N–H and O–H groups in total. The average Bonchev–Trinajstić information content (AvgIpc) is 2.96. The number of hydrogen-bond acceptors (Lipinski definition) is 3. The van der Waals surface area contributed by atoms with E-state index in [-0.39, 0.29) is 6.04 Å². The number of piperazine rings is 1. The van der Waals surface area contributed by atoms with Crippen LogP contribution >= 0.6 is 11.6 Å². The van der Waals surface area contributed by atoms with Gasteiger partial charge >= 0.3 is 0 Å². The molecule has 4 nitrogen and oxygen atoms in total. The Hall–Kier alpha value is -2.18. The van der Waals surface area contributed by atoms with Crippen LogP contribution in [-0.2, 0) is 22.9 Å². The quantitative estimate of drug-likeness (QED) is 0.586. The topological polar surface area (TPSA) is 40.6 Å². The summed E-state index contributed by atoms with van der Waals surface area (Å²) in [5.41, 5.74) is 5.47. The Morgan fingerprint density at radius 3 is 1.77 bits per heavy atom. The summed E-state index contributed by atoms with van der Waals surface area (Å²) in [7, 11) is -3.51. The van der Waals surface area contributed by atoms with Gasteiger partial charge in [0.15, 0.2) is 0 Å². The Bertz CT molecular complexity index is 1140. The second-order valence-corrected chi connectivity index (χ2v) is 10.6. The van der Waals surface area contributed by atoms with Gasteiger partial charge in [0.1, 0.15) is 0 Å². The zero-order valence-corrected chi connectivity index (χ0v) is 18.8. The highest BCUT2D eigenvalue weighted by atomic mass is 35.5. The van der Waals surface area contributed by atoms with Crippen molar-refractivity contribution in [2.24, 2.45) is 0 Å². The highest BCUT2D eigenvalue weighted by molar-refractivity contribution is 7.89. The monoisotopic (exact) mass is 452 g/mol. The summed E-state index contributed by atoms with van der Waals surface area (Å²) in [5.74, 6) is 0. The van der Waals surface area contributed by atoms with Gasteiger partial charge in [-0.15, -0.1) is 0 Å². The summed E-state index contributed by atoms with van der Waals surface area (Å²) in [6, 6.07) is 24.0. The normalized spacial score (nSPS) is 18.2. The molecule has 1 heterocycles. The van der Waals surface area contributed by atoms with Gasteiger partial charge in [0.25, 0.3) is 0 Å². The molecule has 5 rings (SSSR count). The number of halogens is 1. The lowest BCUT2D eigenvalue weighted by molar-refractivity contribution is 0.155. The Morgan fingerprint density at radius 2 is 1.23 bits per heavy atom. The molecular weight excluding hydrogens is 428 g/mol. The number of rotatable bonds is 3. The molecule has 0 aromatic heterocycles. The van der Waals surface area contributed by atoms with Gasteiger partial charge in [0, 0.05) is 31.2 Å². The molecule has 0 bridgehead atoms. The second kappa shape index (κ2) is 8.40. The Labute approximate surface area is 189 Å². The first kappa shape index (κ1) is 20.7. The van der Waals surface area contributed by atoms with Crippen molar-refractivity contribution in [3.63, 3.8) is 0 Å². The third kappa shape index (κ3) is 3.92. The number of hydrogen-bond donors (Lipinski definition) is 0. The highest BCUT2D eigenvalue weighted by Gasteiger charge is 2.34. The van der Waals surface area contributed by atoms with Crippen LogP contribution in [-0.4, -0.2) is 43.8 Å². The van der Waals surface area contributed by atoms with E-state index in [1.165, 1.54) is 22.3 Å². The van der Waals surface area contributed by atoms with Crippen LogP contribution in [0.2, 0.25) is 5.02 Å². The van der Waals surface area contributed by atoms with Crippen molar-refractivity contribution in [2.75, 3.05) is 26.2 Å². The molecule has 0 atom stereocenters. The number of nitrogens with zero attached hydrogens (tertiary/aromatic N) is 2. The summed E-state index contributed by atoms with van der Waals surface area (Å²) in [4.78, 5) is 2.74. The maximum Gasteiger partial charge on any atom is 0.243 e. The fraction of sp³-hybridized carbons (Fsp3) is 0.280. The van der Waals surface area contributed by atoms with E-state index in [4.69, 9.17) is 11.6 Å². The van der Waals surface area contributed by atoms with Crippen LogP contribution in [0.4, 0.5) is 0 Å². The van der Waals surface area contributed by atoms with E-state index in [2.05, 4.69) is 53.4 Å². The lowest BCUT2D eigenvalue weighted by Gasteiger charge is -2.39. The van der Waals surface area contributed by atoms with Gasteiger partial charge < -0.3 is 0 Å². The summed E-state index contributed by atoms with van der Waals surface area (Å²) in [6.45, 7) is 2.35. The van der Waals surface area contributed by atoms with Gasteiger partial charge in [-0.3, -0.25) is 4.90 Å². The lowest BCUT2D eigenvalue weighted by atomic mass is 9.93. The van der Waals surface area contributed by atoms with Gasteiger partial charge in [0.05, 0.1) is 10.9 Å². The predicted molar refractivity (Wildman–Crippen MR) is 124 cm³/mol. The Morgan fingerprint density at radius 1 is 0.710 bits per heavy atom. The van der Waals surface area contributed by atoms with Crippen molar-refractivity contribution >= 4 is 21.6 Å². The van der Waals surface area contributed by atoms with Crippen molar-refractivity contribution in [1.29, 1.82) is 0 Å². The minimum atomic E-state index is -3.51. The molecule has 160 valence electrons. The minimum Gasteiger partial charge on any atom is -0.290 e. The Kier molecular flexibility index (Phi) is 5.61. The van der Waals surface area contributed by atoms with Crippen LogP contribution in [0.25, 0.3) is 0 Å². The molecule has 2 aliphatic rings. The minimum absolute atomic E-state index is 0.162. The molecule has 31 heavy (non-hydrogen) atoms. The summed E-state index contributed by atoms with van der Waals surface area (Å²) < 4.78 is 27.8. The summed E-state index contributed by atoms with van der Waals surface area (Å²) in [6.07, 6.45) is 2.07. The fourth-order valence-corrected chi connectivity index (χ4v) is 6.39. The number of sulfonamides is 1. The van der Waals surface area contributed by atoms with Crippen molar-refractivity contribution in [2.45, 2.75) is 23.8 Å². The second-order valence-electron chi connectivity index (χ2n) is 8.19. The lowest BCUT2D eigenvalue weighted by Crippen LogP contribution is -2.49. The largest absolute Gasteiger partial charge is 0.290 e. The van der Waals surface area contributed by atoms with Crippen molar-refractivity contribution in [3.05, 3.63) is 100 Å². The van der Waals surface area contributed by atoms with E-state index < -0.39 is 10.0 Å². The zero-order chi connectivity index (χ0) is 21.4. The van der Waals surface area contributed by atoms with Crippen molar-refractivity contribution < 1.29 is 8.42 Å². The smallest absolute Gasteiger partial charge is 0.243 e. The molecule has 0 amide bonds. The van der Waals surface area contributed by atoms with Crippen LogP contribution in [0, 0.1) is 0 Å². The molecule has 0 unspecified atom stereocenters. The molecule has 1 aliphatic carbocycles. The zero-order valence-electron chi connectivity index (χ0n) is 17.2. The highest BCUT2D eigenvalue weighted by Crippen LogP contribution is 2.37. The van der Waals surface area contributed by atoms with E-state index in [0.717, 1.165) is 12.8 Å². The van der Waals surface area contributed by atoms with Crippen LogP contribution in [0.5, 0.6) is 0 Å².